The largest absolute Gasteiger partial charge is 0.465 e. The molecule has 2 aromatic heterocycles. The van der Waals surface area contributed by atoms with Crippen LogP contribution >= 0.6 is 0 Å². The van der Waals surface area contributed by atoms with Gasteiger partial charge in [0.2, 0.25) is 0 Å². The molecule has 0 aliphatic rings. The highest BCUT2D eigenvalue weighted by Crippen LogP contribution is 2.33. The van der Waals surface area contributed by atoms with Gasteiger partial charge in [-0.25, -0.2) is 4.79 Å². The van der Waals surface area contributed by atoms with Gasteiger partial charge in [-0.2, -0.15) is 0 Å². The minimum absolute atomic E-state index is 0.374. The lowest BCUT2D eigenvalue weighted by Crippen LogP contribution is -2.00. The molecular formula is C21H15NO3. The molecule has 122 valence electrons. The molecule has 0 unspecified atom stereocenters. The molecule has 0 N–H and O–H groups in total. The Hall–Kier alpha value is -3.40. The Morgan fingerprint density at radius 1 is 0.960 bits per heavy atom. The van der Waals surface area contributed by atoms with Crippen LogP contribution < -0.4 is 0 Å². The molecule has 0 radical (unpaired) electrons. The van der Waals surface area contributed by atoms with Crippen LogP contribution in [0.2, 0.25) is 0 Å². The molecule has 0 amide bonds. The summed E-state index contributed by atoms with van der Waals surface area (Å²) in [6, 6.07) is 21.0. The van der Waals surface area contributed by atoms with Crippen LogP contribution in [0, 0.1) is 0 Å². The van der Waals surface area contributed by atoms with Crippen LogP contribution in [0.25, 0.3) is 33.6 Å². The highest BCUT2D eigenvalue weighted by Gasteiger charge is 2.14. The topological polar surface area (TPSA) is 52.3 Å². The van der Waals surface area contributed by atoms with Crippen molar-refractivity contribution in [2.45, 2.75) is 0 Å². The highest BCUT2D eigenvalue weighted by molar-refractivity contribution is 5.94. The molecule has 0 aliphatic heterocycles. The van der Waals surface area contributed by atoms with Crippen LogP contribution in [-0.4, -0.2) is 18.1 Å². The number of rotatable bonds is 3. The molecule has 25 heavy (non-hydrogen) atoms. The second kappa shape index (κ2) is 6.24. The van der Waals surface area contributed by atoms with E-state index in [-0.39, 0.29) is 5.97 Å². The van der Waals surface area contributed by atoms with Crippen LogP contribution in [-0.2, 0) is 4.74 Å². The maximum absolute atomic E-state index is 11.7. The molecule has 0 atom stereocenters. The number of furan rings is 1. The Balaban J connectivity index is 1.84. The van der Waals surface area contributed by atoms with E-state index in [2.05, 4.69) is 4.98 Å². The van der Waals surface area contributed by atoms with Gasteiger partial charge in [-0.15, -0.1) is 0 Å². The van der Waals surface area contributed by atoms with Gasteiger partial charge in [0.15, 0.2) is 5.58 Å². The fourth-order valence-corrected chi connectivity index (χ4v) is 2.84. The molecule has 0 saturated carbocycles. The van der Waals surface area contributed by atoms with E-state index >= 15 is 0 Å². The summed E-state index contributed by atoms with van der Waals surface area (Å²) in [6.07, 6.45) is 1.77. The second-order valence-corrected chi connectivity index (χ2v) is 5.62. The third-order valence-corrected chi connectivity index (χ3v) is 4.06. The van der Waals surface area contributed by atoms with Crippen molar-refractivity contribution >= 4 is 17.1 Å². The third-order valence-electron chi connectivity index (χ3n) is 4.06. The zero-order valence-corrected chi connectivity index (χ0v) is 13.6. The summed E-state index contributed by atoms with van der Waals surface area (Å²) in [6.45, 7) is 0. The maximum atomic E-state index is 11.7. The van der Waals surface area contributed by atoms with Gasteiger partial charge in [-0.3, -0.25) is 4.98 Å². The van der Waals surface area contributed by atoms with Gasteiger partial charge >= 0.3 is 5.97 Å². The highest BCUT2D eigenvalue weighted by atomic mass is 16.5. The van der Waals surface area contributed by atoms with Crippen molar-refractivity contribution in [3.05, 3.63) is 78.5 Å². The zero-order valence-electron chi connectivity index (χ0n) is 13.6. The number of pyridine rings is 1. The first-order valence-electron chi connectivity index (χ1n) is 7.89. The third kappa shape index (κ3) is 2.78. The predicted octanol–water partition coefficient (Wildman–Crippen LogP) is 4.95. The first-order chi connectivity index (χ1) is 12.3. The molecule has 4 aromatic rings. The number of carbonyl (C=O) groups is 1. The molecule has 2 heterocycles. The van der Waals surface area contributed by atoms with Crippen LogP contribution in [0.4, 0.5) is 0 Å². The number of methoxy groups -OCH3 is 1. The minimum Gasteiger partial charge on any atom is -0.465 e. The summed E-state index contributed by atoms with van der Waals surface area (Å²) < 4.78 is 10.9. The fourth-order valence-electron chi connectivity index (χ4n) is 2.84. The van der Waals surface area contributed by atoms with Gasteiger partial charge in [0, 0.05) is 23.4 Å². The van der Waals surface area contributed by atoms with Crippen molar-refractivity contribution in [2.75, 3.05) is 7.11 Å². The van der Waals surface area contributed by atoms with Crippen molar-refractivity contribution in [2.24, 2.45) is 0 Å². The maximum Gasteiger partial charge on any atom is 0.337 e. The van der Waals surface area contributed by atoms with Gasteiger partial charge in [0.05, 0.1) is 12.7 Å². The summed E-state index contributed by atoms with van der Waals surface area (Å²) in [7, 11) is 1.37. The number of ether oxygens (including phenoxy) is 1. The normalized spacial score (nSPS) is 10.8. The number of hydrogen-bond acceptors (Lipinski definition) is 4. The number of aromatic nitrogens is 1. The molecule has 4 nitrogen and oxygen atoms in total. The van der Waals surface area contributed by atoms with Crippen molar-refractivity contribution < 1.29 is 13.9 Å². The van der Waals surface area contributed by atoms with E-state index in [9.17, 15) is 4.79 Å². The molecule has 0 saturated heterocycles. The van der Waals surface area contributed by atoms with E-state index in [4.69, 9.17) is 9.15 Å². The lowest BCUT2D eigenvalue weighted by molar-refractivity contribution is 0.0601. The van der Waals surface area contributed by atoms with Crippen molar-refractivity contribution in [3.63, 3.8) is 0 Å². The molecule has 0 bridgehead atoms. The quantitative estimate of drug-likeness (QED) is 0.499. The molecular weight excluding hydrogens is 314 g/mol. The predicted molar refractivity (Wildman–Crippen MR) is 96.2 cm³/mol. The molecule has 0 aliphatic carbocycles. The van der Waals surface area contributed by atoms with Crippen molar-refractivity contribution in [1.82, 2.24) is 4.98 Å². The monoisotopic (exact) mass is 329 g/mol. The summed E-state index contributed by atoms with van der Waals surface area (Å²) in [5.41, 5.74) is 4.85. The van der Waals surface area contributed by atoms with E-state index < -0.39 is 0 Å². The summed E-state index contributed by atoms with van der Waals surface area (Å²) >= 11 is 0. The second-order valence-electron chi connectivity index (χ2n) is 5.62. The molecule has 4 heteroatoms. The minimum atomic E-state index is -0.374. The summed E-state index contributed by atoms with van der Waals surface area (Å²) in [5.74, 6) is 0.290. The summed E-state index contributed by atoms with van der Waals surface area (Å²) in [5, 5.41) is 0. The smallest absolute Gasteiger partial charge is 0.337 e. The van der Waals surface area contributed by atoms with E-state index in [0.717, 1.165) is 27.8 Å². The number of benzene rings is 2. The number of esters is 1. The van der Waals surface area contributed by atoms with Gasteiger partial charge in [-0.05, 0) is 23.8 Å². The SMILES string of the molecule is COC(=O)c1cccc(-c2cc3nccc(-c4ccccc4)c3o2)c1. The molecule has 0 fully saturated rings. The first kappa shape index (κ1) is 15.1. The van der Waals surface area contributed by atoms with E-state index in [1.807, 2.05) is 48.5 Å². The Kier molecular flexibility index (Phi) is 3.78. The van der Waals surface area contributed by atoms with E-state index in [1.54, 1.807) is 24.4 Å². The standard InChI is InChI=1S/C21H15NO3/c1-24-21(23)16-9-5-8-15(12-16)19-13-18-20(25-19)17(10-11-22-18)14-6-3-2-4-7-14/h2-13H,1H3. The zero-order chi connectivity index (χ0) is 17.2. The van der Waals surface area contributed by atoms with Crippen LogP contribution in [0.3, 0.4) is 0 Å². The van der Waals surface area contributed by atoms with Gasteiger partial charge in [0.25, 0.3) is 0 Å². The van der Waals surface area contributed by atoms with Crippen molar-refractivity contribution in [1.29, 1.82) is 0 Å². The number of hydrogen-bond donors (Lipinski definition) is 0. The Morgan fingerprint density at radius 2 is 1.76 bits per heavy atom. The van der Waals surface area contributed by atoms with Gasteiger partial charge in [-0.1, -0.05) is 42.5 Å². The Bertz CT molecular complexity index is 1050. The van der Waals surface area contributed by atoms with Crippen LogP contribution in [0.1, 0.15) is 10.4 Å². The van der Waals surface area contributed by atoms with Crippen molar-refractivity contribution in [3.8, 4) is 22.5 Å². The molecule has 2 aromatic carbocycles. The molecule has 4 rings (SSSR count). The van der Waals surface area contributed by atoms with E-state index in [1.165, 1.54) is 7.11 Å². The Labute approximate surface area is 144 Å². The van der Waals surface area contributed by atoms with Crippen LogP contribution in [0.5, 0.6) is 0 Å². The molecule has 0 spiro atoms. The Morgan fingerprint density at radius 3 is 2.56 bits per heavy atom. The number of carbonyl (C=O) groups excluding carboxylic acids is 1. The lowest BCUT2D eigenvalue weighted by Gasteiger charge is -2.02. The number of fused-ring (bicyclic) bond motifs is 1. The lowest BCUT2D eigenvalue weighted by atomic mass is 10.1. The van der Waals surface area contributed by atoms with Gasteiger partial charge < -0.3 is 9.15 Å². The van der Waals surface area contributed by atoms with Crippen LogP contribution in [0.15, 0.2) is 77.3 Å². The fraction of sp³-hybridized carbons (Fsp3) is 0.0476. The first-order valence-corrected chi connectivity index (χ1v) is 7.89. The van der Waals surface area contributed by atoms with E-state index in [0.29, 0.717) is 11.3 Å². The summed E-state index contributed by atoms with van der Waals surface area (Å²) in [4.78, 5) is 16.1. The average Bonchev–Trinajstić information content (AvgIpc) is 3.12. The van der Waals surface area contributed by atoms with Gasteiger partial charge in [0.1, 0.15) is 11.3 Å². The average molecular weight is 329 g/mol. The number of nitrogens with zero attached hydrogens (tertiary/aromatic N) is 1.